The number of likely N-dealkylation sites (N-methyl/N-ethyl adjacent to an activating group) is 1. The zero-order chi connectivity index (χ0) is 20.3. The minimum atomic E-state index is -0.00939. The van der Waals surface area contributed by atoms with Gasteiger partial charge >= 0.3 is 0 Å². The molecule has 152 valence electrons. The Bertz CT molecular complexity index is 881. The molecule has 1 aliphatic rings. The summed E-state index contributed by atoms with van der Waals surface area (Å²) in [5.74, 6) is 1.76. The third-order valence-electron chi connectivity index (χ3n) is 4.25. The van der Waals surface area contributed by atoms with Gasteiger partial charge < -0.3 is 23.9 Å². The number of carbonyl (C=O) groups excluding carboxylic acids is 1. The summed E-state index contributed by atoms with van der Waals surface area (Å²) < 4.78 is 23.2. The summed E-state index contributed by atoms with van der Waals surface area (Å²) in [4.78, 5) is 14.0. The molecule has 1 heterocycles. The molecule has 1 aromatic heterocycles. The van der Waals surface area contributed by atoms with Crippen molar-refractivity contribution in [2.75, 3.05) is 34.9 Å². The van der Waals surface area contributed by atoms with Gasteiger partial charge in [0.2, 0.25) is 17.5 Å². The largest absolute Gasteiger partial charge is 0.493 e. The number of hydrogen-bond acceptors (Lipinski definition) is 8. The van der Waals surface area contributed by atoms with Crippen molar-refractivity contribution in [3.63, 3.8) is 0 Å². The van der Waals surface area contributed by atoms with Crippen molar-refractivity contribution in [1.29, 1.82) is 0 Å². The van der Waals surface area contributed by atoms with Gasteiger partial charge in [0.25, 0.3) is 4.84 Å². The monoisotopic (exact) mass is 408 g/mol. The van der Waals surface area contributed by atoms with Gasteiger partial charge in [-0.3, -0.25) is 9.69 Å². The lowest BCUT2D eigenvalue weighted by Crippen LogP contribution is -2.37. The number of aromatic nitrogens is 2. The molecule has 1 fully saturated rings. The Labute approximate surface area is 168 Å². The van der Waals surface area contributed by atoms with E-state index in [0.717, 1.165) is 12.8 Å². The Morgan fingerprint density at radius 1 is 1.29 bits per heavy atom. The molecule has 0 saturated heterocycles. The zero-order valence-electron chi connectivity index (χ0n) is 16.4. The molecule has 1 aromatic carbocycles. The molecule has 0 unspecified atom stereocenters. The van der Waals surface area contributed by atoms with Crippen LogP contribution < -0.4 is 19.5 Å². The van der Waals surface area contributed by atoms with Crippen LogP contribution in [0.25, 0.3) is 11.5 Å². The molecule has 0 bridgehead atoms. The third-order valence-corrected chi connectivity index (χ3v) is 4.54. The first kappa shape index (κ1) is 20.2. The topological polar surface area (TPSA) is 91.0 Å². The highest BCUT2D eigenvalue weighted by molar-refractivity contribution is 7.71. The average Bonchev–Trinajstić information content (AvgIpc) is 3.41. The van der Waals surface area contributed by atoms with Gasteiger partial charge in [0.1, 0.15) is 0 Å². The second kappa shape index (κ2) is 8.61. The molecular weight excluding hydrogens is 384 g/mol. The van der Waals surface area contributed by atoms with Crippen molar-refractivity contribution < 1.29 is 23.4 Å². The van der Waals surface area contributed by atoms with E-state index in [1.165, 1.54) is 26.0 Å². The number of ether oxygens (including phenoxy) is 3. The maximum Gasteiger partial charge on any atom is 0.288 e. The van der Waals surface area contributed by atoms with Crippen LogP contribution in [0.15, 0.2) is 16.5 Å². The van der Waals surface area contributed by atoms with Gasteiger partial charge in [-0.2, -0.15) is 0 Å². The summed E-state index contributed by atoms with van der Waals surface area (Å²) in [6, 6.07) is 3.81. The molecule has 1 saturated carbocycles. The number of nitrogens with one attached hydrogen (secondary N) is 1. The van der Waals surface area contributed by atoms with E-state index < -0.39 is 0 Å². The summed E-state index contributed by atoms with van der Waals surface area (Å²) in [7, 11) is 6.44. The Kier molecular flexibility index (Phi) is 6.20. The fourth-order valence-corrected chi connectivity index (χ4v) is 2.92. The van der Waals surface area contributed by atoms with E-state index in [4.69, 9.17) is 30.8 Å². The van der Waals surface area contributed by atoms with Crippen molar-refractivity contribution >= 4 is 18.1 Å². The van der Waals surface area contributed by atoms with Crippen molar-refractivity contribution in [3.05, 3.63) is 17.0 Å². The number of amides is 1. The van der Waals surface area contributed by atoms with Crippen LogP contribution in [0.5, 0.6) is 17.2 Å². The molecule has 28 heavy (non-hydrogen) atoms. The van der Waals surface area contributed by atoms with Crippen LogP contribution in [0.3, 0.4) is 0 Å². The van der Waals surface area contributed by atoms with Crippen LogP contribution in [-0.4, -0.2) is 61.6 Å². The molecule has 9 nitrogen and oxygen atoms in total. The van der Waals surface area contributed by atoms with Gasteiger partial charge in [-0.1, -0.05) is 0 Å². The summed E-state index contributed by atoms with van der Waals surface area (Å²) >= 11 is 5.28. The first-order chi connectivity index (χ1) is 13.4. The van der Waals surface area contributed by atoms with E-state index in [1.54, 1.807) is 12.1 Å². The molecule has 0 radical (unpaired) electrons. The normalized spacial score (nSPS) is 13.5. The van der Waals surface area contributed by atoms with Crippen LogP contribution in [0.4, 0.5) is 0 Å². The highest BCUT2D eigenvalue weighted by atomic mass is 32.1. The SMILES string of the molecule is COc1cc(-c2nn(CN(C)CC(=O)NC3CC3)c(=S)o2)cc(OC)c1OC. The van der Waals surface area contributed by atoms with Crippen LogP contribution >= 0.6 is 12.2 Å². The first-order valence-electron chi connectivity index (χ1n) is 8.81. The fourth-order valence-electron chi connectivity index (χ4n) is 2.74. The maximum absolute atomic E-state index is 11.9. The summed E-state index contributed by atoms with van der Waals surface area (Å²) in [5.41, 5.74) is 0.633. The van der Waals surface area contributed by atoms with Gasteiger partial charge in [-0.25, -0.2) is 4.68 Å². The van der Waals surface area contributed by atoms with Crippen LogP contribution in [0.2, 0.25) is 0 Å². The highest BCUT2D eigenvalue weighted by Gasteiger charge is 2.24. The van der Waals surface area contributed by atoms with Crippen molar-refractivity contribution in [2.45, 2.75) is 25.6 Å². The highest BCUT2D eigenvalue weighted by Crippen LogP contribution is 2.40. The van der Waals surface area contributed by atoms with Gasteiger partial charge in [0.05, 0.1) is 34.5 Å². The Hall–Kier alpha value is -2.59. The van der Waals surface area contributed by atoms with E-state index in [9.17, 15) is 4.79 Å². The van der Waals surface area contributed by atoms with Gasteiger partial charge in [-0.15, -0.1) is 5.10 Å². The molecule has 1 aliphatic carbocycles. The molecule has 0 aliphatic heterocycles. The number of nitrogens with zero attached hydrogens (tertiary/aromatic N) is 3. The predicted octanol–water partition coefficient (Wildman–Crippen LogP) is 2.07. The number of methoxy groups -OCH3 is 3. The quantitative estimate of drug-likeness (QED) is 0.631. The zero-order valence-corrected chi connectivity index (χ0v) is 17.2. The fraction of sp³-hybridized carbons (Fsp3) is 0.500. The van der Waals surface area contributed by atoms with Crippen molar-refractivity contribution in [3.8, 4) is 28.7 Å². The molecular formula is C18H24N4O5S. The minimum absolute atomic E-state index is 0.00939. The van der Waals surface area contributed by atoms with E-state index in [-0.39, 0.29) is 17.3 Å². The van der Waals surface area contributed by atoms with Crippen LogP contribution in [-0.2, 0) is 11.5 Å². The van der Waals surface area contributed by atoms with Crippen LogP contribution in [0.1, 0.15) is 12.8 Å². The Morgan fingerprint density at radius 2 is 1.93 bits per heavy atom. The molecule has 0 spiro atoms. The second-order valence-corrected chi connectivity index (χ2v) is 6.93. The van der Waals surface area contributed by atoms with E-state index in [1.807, 2.05) is 11.9 Å². The van der Waals surface area contributed by atoms with Gasteiger partial charge in [0.15, 0.2) is 11.5 Å². The molecule has 0 atom stereocenters. The summed E-state index contributed by atoms with van der Waals surface area (Å²) in [6.45, 7) is 0.579. The molecule has 10 heteroatoms. The van der Waals surface area contributed by atoms with Gasteiger partial charge in [-0.05, 0) is 44.2 Å². The number of rotatable bonds is 9. The number of carbonyl (C=O) groups is 1. The van der Waals surface area contributed by atoms with Gasteiger partial charge in [0, 0.05) is 11.6 Å². The Balaban J connectivity index is 1.77. The lowest BCUT2D eigenvalue weighted by molar-refractivity contribution is -0.122. The molecule has 3 rings (SSSR count). The van der Waals surface area contributed by atoms with Crippen molar-refractivity contribution in [1.82, 2.24) is 20.0 Å². The van der Waals surface area contributed by atoms with Crippen LogP contribution in [0, 0.1) is 4.84 Å². The lowest BCUT2D eigenvalue weighted by Gasteiger charge is -2.15. The minimum Gasteiger partial charge on any atom is -0.493 e. The number of benzene rings is 1. The third kappa shape index (κ3) is 4.63. The molecule has 1 N–H and O–H groups in total. The standard InChI is InChI=1S/C18H24N4O5S/c1-21(9-15(23)19-12-5-6-12)10-22-18(28)27-17(20-22)11-7-13(24-2)16(26-4)14(8-11)25-3/h7-8,12H,5-6,9-10H2,1-4H3,(H,19,23). The summed E-state index contributed by atoms with van der Waals surface area (Å²) in [6.07, 6.45) is 2.11. The second-order valence-electron chi connectivity index (χ2n) is 6.58. The van der Waals surface area contributed by atoms with Crippen molar-refractivity contribution in [2.24, 2.45) is 0 Å². The smallest absolute Gasteiger partial charge is 0.288 e. The molecule has 2 aromatic rings. The summed E-state index contributed by atoms with van der Waals surface area (Å²) in [5, 5.41) is 7.38. The molecule has 1 amide bonds. The maximum atomic E-state index is 11.9. The average molecular weight is 408 g/mol. The predicted molar refractivity (Wildman–Crippen MR) is 104 cm³/mol. The Morgan fingerprint density at radius 3 is 2.46 bits per heavy atom. The first-order valence-corrected chi connectivity index (χ1v) is 9.22. The van der Waals surface area contributed by atoms with E-state index in [0.29, 0.717) is 41.4 Å². The van der Waals surface area contributed by atoms with E-state index >= 15 is 0 Å². The van der Waals surface area contributed by atoms with E-state index in [2.05, 4.69) is 10.4 Å². The lowest BCUT2D eigenvalue weighted by atomic mass is 10.2. The number of hydrogen-bond donors (Lipinski definition) is 1.